The minimum Gasteiger partial charge on any atom is -0.258 e. The van der Waals surface area contributed by atoms with Gasteiger partial charge in [0, 0.05) is 0 Å². The van der Waals surface area contributed by atoms with Gasteiger partial charge in [0.1, 0.15) is 0 Å². The minimum atomic E-state index is -3.83. The summed E-state index contributed by atoms with van der Waals surface area (Å²) >= 11 is 0. The molecule has 2 N–H and O–H groups in total. The lowest BCUT2D eigenvalue weighted by atomic mass is 9.98. The van der Waals surface area contributed by atoms with Crippen molar-refractivity contribution in [2.24, 2.45) is 5.14 Å². The molecule has 0 radical (unpaired) electrons. The van der Waals surface area contributed by atoms with Crippen LogP contribution in [0.5, 0.6) is 0 Å². The molecular formula is C11H17NO3S. The summed E-state index contributed by atoms with van der Waals surface area (Å²) in [6.45, 7) is 6.13. The number of hydrogen-bond donors (Lipinski definition) is 1. The molecule has 0 spiro atoms. The van der Waals surface area contributed by atoms with Crippen LogP contribution in [0.4, 0.5) is 0 Å². The van der Waals surface area contributed by atoms with E-state index in [1.54, 1.807) is 0 Å². The molecule has 16 heavy (non-hydrogen) atoms. The first kappa shape index (κ1) is 13.2. The van der Waals surface area contributed by atoms with Crippen LogP contribution >= 0.6 is 0 Å². The molecule has 0 unspecified atom stereocenters. The van der Waals surface area contributed by atoms with Crippen LogP contribution in [-0.4, -0.2) is 15.0 Å². The van der Waals surface area contributed by atoms with Crippen molar-refractivity contribution in [3.8, 4) is 0 Å². The molecule has 0 aliphatic rings. The van der Waals surface area contributed by atoms with Crippen LogP contribution in [0.2, 0.25) is 0 Å². The largest absolute Gasteiger partial charge is 0.333 e. The summed E-state index contributed by atoms with van der Waals surface area (Å²) in [5.41, 5.74) is 4.62. The van der Waals surface area contributed by atoms with E-state index in [9.17, 15) is 8.42 Å². The molecule has 0 amide bonds. The average molecular weight is 243 g/mol. The first-order valence-corrected chi connectivity index (χ1v) is 6.50. The molecule has 0 fully saturated rings. The molecule has 0 atom stereocenters. The highest BCUT2D eigenvalue weighted by Crippen LogP contribution is 2.16. The zero-order valence-electron chi connectivity index (χ0n) is 9.78. The second-order valence-corrected chi connectivity index (χ2v) is 5.16. The van der Waals surface area contributed by atoms with Gasteiger partial charge in [0.25, 0.3) is 0 Å². The molecule has 4 nitrogen and oxygen atoms in total. The van der Waals surface area contributed by atoms with Gasteiger partial charge in [-0.1, -0.05) is 17.7 Å². The van der Waals surface area contributed by atoms with E-state index in [2.05, 4.69) is 16.3 Å². The van der Waals surface area contributed by atoms with Gasteiger partial charge in [0.15, 0.2) is 0 Å². The summed E-state index contributed by atoms with van der Waals surface area (Å²) < 4.78 is 25.7. The van der Waals surface area contributed by atoms with Gasteiger partial charge in [-0.25, -0.2) is 5.14 Å². The van der Waals surface area contributed by atoms with Crippen molar-refractivity contribution in [1.82, 2.24) is 0 Å². The summed E-state index contributed by atoms with van der Waals surface area (Å²) in [4.78, 5) is 0. The highest BCUT2D eigenvalue weighted by molar-refractivity contribution is 7.84. The molecule has 0 heterocycles. The van der Waals surface area contributed by atoms with Crippen LogP contribution in [0.1, 0.15) is 22.3 Å². The number of nitrogens with two attached hydrogens (primary N) is 1. The molecule has 0 aromatic heterocycles. The number of aryl methyl sites for hydroxylation is 3. The predicted octanol–water partition coefficient (Wildman–Crippen LogP) is 1.37. The summed E-state index contributed by atoms with van der Waals surface area (Å²) in [7, 11) is -3.83. The zero-order valence-corrected chi connectivity index (χ0v) is 10.6. The molecule has 0 aliphatic carbocycles. The lowest BCUT2D eigenvalue weighted by Crippen LogP contribution is -2.17. The molecule has 0 saturated carbocycles. The molecule has 0 saturated heterocycles. The standard InChI is InChI=1S/C11H17NO3S/c1-8-6-9(2)11(10(3)7-8)4-5-15-16(12,13)14/h6-7H,4-5H2,1-3H3,(H2,12,13,14). The topological polar surface area (TPSA) is 69.4 Å². The monoisotopic (exact) mass is 243 g/mol. The lowest BCUT2D eigenvalue weighted by Gasteiger charge is -2.10. The Labute approximate surface area is 96.7 Å². The first-order valence-electron chi connectivity index (χ1n) is 5.03. The number of rotatable bonds is 4. The predicted molar refractivity (Wildman–Crippen MR) is 63.4 cm³/mol. The third kappa shape index (κ3) is 3.92. The maximum Gasteiger partial charge on any atom is 0.333 e. The molecule has 1 aromatic rings. The highest BCUT2D eigenvalue weighted by Gasteiger charge is 2.06. The molecule has 1 aromatic carbocycles. The Morgan fingerprint density at radius 3 is 2.12 bits per heavy atom. The normalized spacial score (nSPS) is 11.8. The van der Waals surface area contributed by atoms with E-state index < -0.39 is 10.3 Å². The second kappa shape index (κ2) is 4.95. The zero-order chi connectivity index (χ0) is 12.3. The van der Waals surface area contributed by atoms with Crippen LogP contribution < -0.4 is 5.14 Å². The van der Waals surface area contributed by atoms with Gasteiger partial charge in [-0.15, -0.1) is 0 Å². The fourth-order valence-corrected chi connectivity index (χ4v) is 2.18. The first-order chi connectivity index (χ1) is 7.29. The lowest BCUT2D eigenvalue weighted by molar-refractivity contribution is 0.322. The van der Waals surface area contributed by atoms with Crippen molar-refractivity contribution in [2.45, 2.75) is 27.2 Å². The van der Waals surface area contributed by atoms with Gasteiger partial charge in [0.2, 0.25) is 0 Å². The molecular weight excluding hydrogens is 226 g/mol. The van der Waals surface area contributed by atoms with Gasteiger partial charge >= 0.3 is 10.3 Å². The SMILES string of the molecule is Cc1cc(C)c(CCOS(N)(=O)=O)c(C)c1. The van der Waals surface area contributed by atoms with E-state index in [4.69, 9.17) is 5.14 Å². The molecule has 0 aliphatic heterocycles. The molecule has 90 valence electrons. The van der Waals surface area contributed by atoms with Crippen molar-refractivity contribution in [3.63, 3.8) is 0 Å². The summed E-state index contributed by atoms with van der Waals surface area (Å²) in [5.74, 6) is 0. The third-order valence-electron chi connectivity index (χ3n) is 2.44. The van der Waals surface area contributed by atoms with Crippen molar-refractivity contribution in [2.75, 3.05) is 6.61 Å². The second-order valence-electron chi connectivity index (χ2n) is 3.94. The average Bonchev–Trinajstić information content (AvgIpc) is 2.07. The van der Waals surface area contributed by atoms with Gasteiger partial charge in [0.05, 0.1) is 6.61 Å². The Hall–Kier alpha value is -0.910. The smallest absolute Gasteiger partial charge is 0.258 e. The Morgan fingerprint density at radius 2 is 1.69 bits per heavy atom. The summed E-state index contributed by atoms with van der Waals surface area (Å²) in [6.07, 6.45) is 0.550. The van der Waals surface area contributed by atoms with Crippen LogP contribution in [-0.2, 0) is 20.9 Å². The van der Waals surface area contributed by atoms with Crippen LogP contribution in [0.15, 0.2) is 12.1 Å². The van der Waals surface area contributed by atoms with Crippen molar-refractivity contribution >= 4 is 10.3 Å². The highest BCUT2D eigenvalue weighted by atomic mass is 32.2. The van der Waals surface area contributed by atoms with E-state index >= 15 is 0 Å². The van der Waals surface area contributed by atoms with Crippen LogP contribution in [0.25, 0.3) is 0 Å². The van der Waals surface area contributed by atoms with Crippen LogP contribution in [0, 0.1) is 20.8 Å². The molecule has 0 bridgehead atoms. The van der Waals surface area contributed by atoms with Crippen molar-refractivity contribution < 1.29 is 12.6 Å². The number of benzene rings is 1. The van der Waals surface area contributed by atoms with Gasteiger partial charge in [-0.3, -0.25) is 4.18 Å². The van der Waals surface area contributed by atoms with Crippen molar-refractivity contribution in [3.05, 3.63) is 34.4 Å². The Morgan fingerprint density at radius 1 is 1.19 bits per heavy atom. The van der Waals surface area contributed by atoms with Crippen molar-refractivity contribution in [1.29, 1.82) is 0 Å². The van der Waals surface area contributed by atoms with E-state index in [0.717, 1.165) is 16.7 Å². The van der Waals surface area contributed by atoms with Gasteiger partial charge < -0.3 is 0 Å². The Bertz CT molecular complexity index is 457. The van der Waals surface area contributed by atoms with E-state index in [0.29, 0.717) is 6.42 Å². The van der Waals surface area contributed by atoms with Gasteiger partial charge in [-0.05, 0) is 43.9 Å². The van der Waals surface area contributed by atoms with Crippen LogP contribution in [0.3, 0.4) is 0 Å². The summed E-state index contributed by atoms with van der Waals surface area (Å²) in [6, 6.07) is 4.14. The Kier molecular flexibility index (Phi) is 4.07. The molecule has 1 rings (SSSR count). The third-order valence-corrected chi connectivity index (χ3v) is 2.94. The quantitative estimate of drug-likeness (QED) is 0.868. The molecule has 5 heteroatoms. The maximum atomic E-state index is 10.6. The van der Waals surface area contributed by atoms with E-state index in [1.165, 1.54) is 5.56 Å². The van der Waals surface area contributed by atoms with Gasteiger partial charge in [-0.2, -0.15) is 8.42 Å². The fourth-order valence-electron chi connectivity index (χ4n) is 1.86. The summed E-state index contributed by atoms with van der Waals surface area (Å²) in [5, 5.41) is 4.75. The minimum absolute atomic E-state index is 0.0869. The maximum absolute atomic E-state index is 10.6. The number of hydrogen-bond acceptors (Lipinski definition) is 3. The fraction of sp³-hybridized carbons (Fsp3) is 0.455. The Balaban J connectivity index is 2.75. The van der Waals surface area contributed by atoms with E-state index in [1.807, 2.05) is 20.8 Å². The van der Waals surface area contributed by atoms with E-state index in [-0.39, 0.29) is 6.61 Å².